The zero-order valence-electron chi connectivity index (χ0n) is 16.1. The Labute approximate surface area is 177 Å². The highest BCUT2D eigenvalue weighted by Crippen LogP contribution is 2.45. The van der Waals surface area contributed by atoms with E-state index in [4.69, 9.17) is 11.6 Å². The number of rotatable bonds is 2. The maximum Gasteiger partial charge on any atom is 0.267 e. The standard InChI is InChI=1S/C21H20ClN3OS2/c1-20(2)9-12-13(10-23)19(28-17(12)21(3,4)25-20)24-18(26)16-15(22)11-7-5-6-8-14(11)27-16/h5-8,25H,9H2,1-4H3,(H,24,26). The second-order valence-electron chi connectivity index (χ2n) is 8.23. The quantitative estimate of drug-likeness (QED) is 0.533. The molecule has 0 bridgehead atoms. The van der Waals surface area contributed by atoms with Crippen molar-refractivity contribution in [2.24, 2.45) is 0 Å². The Bertz CT molecular complexity index is 1150. The molecule has 1 aromatic carbocycles. The van der Waals surface area contributed by atoms with Crippen molar-refractivity contribution in [2.45, 2.75) is 45.2 Å². The van der Waals surface area contributed by atoms with Gasteiger partial charge in [-0.1, -0.05) is 29.8 Å². The van der Waals surface area contributed by atoms with Crippen molar-refractivity contribution in [3.05, 3.63) is 50.2 Å². The van der Waals surface area contributed by atoms with Gasteiger partial charge >= 0.3 is 0 Å². The summed E-state index contributed by atoms with van der Waals surface area (Å²) in [5, 5.41) is 18.3. The zero-order chi connectivity index (χ0) is 20.3. The van der Waals surface area contributed by atoms with Crippen molar-refractivity contribution in [2.75, 3.05) is 5.32 Å². The van der Waals surface area contributed by atoms with Crippen LogP contribution in [0.3, 0.4) is 0 Å². The van der Waals surface area contributed by atoms with E-state index in [1.165, 1.54) is 22.7 Å². The van der Waals surface area contributed by atoms with Crippen LogP contribution < -0.4 is 10.6 Å². The maximum atomic E-state index is 13.0. The average Bonchev–Trinajstić information content (AvgIpc) is 3.12. The minimum Gasteiger partial charge on any atom is -0.312 e. The molecule has 0 saturated heterocycles. The summed E-state index contributed by atoms with van der Waals surface area (Å²) in [7, 11) is 0. The van der Waals surface area contributed by atoms with Crippen molar-refractivity contribution in [3.63, 3.8) is 0 Å². The molecule has 144 valence electrons. The molecule has 7 heteroatoms. The molecule has 0 spiro atoms. The number of benzene rings is 1. The predicted molar refractivity (Wildman–Crippen MR) is 118 cm³/mol. The number of nitrogens with one attached hydrogen (secondary N) is 2. The number of amides is 1. The number of nitriles is 1. The third-order valence-corrected chi connectivity index (χ3v) is 8.07. The van der Waals surface area contributed by atoms with Crippen LogP contribution in [0, 0.1) is 11.3 Å². The van der Waals surface area contributed by atoms with Gasteiger partial charge < -0.3 is 10.6 Å². The summed E-state index contributed by atoms with van der Waals surface area (Å²) in [4.78, 5) is 14.5. The molecule has 1 aliphatic heterocycles. The van der Waals surface area contributed by atoms with Gasteiger partial charge in [0.15, 0.2) is 0 Å². The Morgan fingerprint density at radius 1 is 1.25 bits per heavy atom. The van der Waals surface area contributed by atoms with E-state index in [1.54, 1.807) is 0 Å². The Hall–Kier alpha value is -1.91. The third kappa shape index (κ3) is 3.13. The molecule has 0 fully saturated rings. The highest BCUT2D eigenvalue weighted by atomic mass is 35.5. The second-order valence-corrected chi connectivity index (χ2v) is 10.7. The maximum absolute atomic E-state index is 13.0. The van der Waals surface area contributed by atoms with Gasteiger partial charge in [-0.3, -0.25) is 4.79 Å². The van der Waals surface area contributed by atoms with Crippen LogP contribution in [0.2, 0.25) is 5.02 Å². The fourth-order valence-corrected chi connectivity index (χ4v) is 6.69. The van der Waals surface area contributed by atoms with Crippen molar-refractivity contribution < 1.29 is 4.79 Å². The molecule has 3 aromatic rings. The molecule has 2 aromatic heterocycles. The lowest BCUT2D eigenvalue weighted by Crippen LogP contribution is -2.54. The van der Waals surface area contributed by atoms with Crippen LogP contribution in [-0.4, -0.2) is 11.4 Å². The van der Waals surface area contributed by atoms with Crippen LogP contribution in [0.25, 0.3) is 10.1 Å². The van der Waals surface area contributed by atoms with Gasteiger partial charge in [-0.15, -0.1) is 22.7 Å². The number of fused-ring (bicyclic) bond motifs is 2. The number of carbonyl (C=O) groups excluding carboxylic acids is 1. The molecule has 3 heterocycles. The van der Waals surface area contributed by atoms with Gasteiger partial charge in [0, 0.05) is 26.0 Å². The summed E-state index contributed by atoms with van der Waals surface area (Å²) in [6, 6.07) is 10.0. The topological polar surface area (TPSA) is 64.9 Å². The van der Waals surface area contributed by atoms with Crippen molar-refractivity contribution in [3.8, 4) is 6.07 Å². The van der Waals surface area contributed by atoms with Gasteiger partial charge in [-0.05, 0) is 45.7 Å². The fourth-order valence-electron chi connectivity index (χ4n) is 4.05. The van der Waals surface area contributed by atoms with E-state index in [2.05, 4.69) is 44.4 Å². The number of halogens is 1. The number of nitrogens with zero attached hydrogens (tertiary/aromatic N) is 1. The molecule has 1 amide bonds. The summed E-state index contributed by atoms with van der Waals surface area (Å²) >= 11 is 9.29. The SMILES string of the molecule is CC1(C)Cc2c(sc(NC(=O)c3sc4ccccc4c3Cl)c2C#N)C(C)(C)N1. The molecule has 4 nitrogen and oxygen atoms in total. The molecule has 28 heavy (non-hydrogen) atoms. The average molecular weight is 430 g/mol. The summed E-state index contributed by atoms with van der Waals surface area (Å²) in [6.45, 7) is 8.48. The summed E-state index contributed by atoms with van der Waals surface area (Å²) in [6.07, 6.45) is 0.741. The van der Waals surface area contributed by atoms with Gasteiger partial charge in [-0.2, -0.15) is 5.26 Å². The van der Waals surface area contributed by atoms with Gasteiger partial charge in [0.1, 0.15) is 15.9 Å². The Morgan fingerprint density at radius 2 is 1.96 bits per heavy atom. The van der Waals surface area contributed by atoms with Gasteiger partial charge in [0.25, 0.3) is 5.91 Å². The van der Waals surface area contributed by atoms with Crippen molar-refractivity contribution >= 4 is 55.3 Å². The van der Waals surface area contributed by atoms with E-state index < -0.39 is 0 Å². The minimum atomic E-state index is -0.272. The molecule has 0 unspecified atom stereocenters. The minimum absolute atomic E-state index is 0.126. The summed E-state index contributed by atoms with van der Waals surface area (Å²) < 4.78 is 0.968. The Morgan fingerprint density at radius 3 is 2.64 bits per heavy atom. The van der Waals surface area contributed by atoms with E-state index in [-0.39, 0.29) is 17.0 Å². The van der Waals surface area contributed by atoms with Crippen LogP contribution >= 0.6 is 34.3 Å². The highest BCUT2D eigenvalue weighted by Gasteiger charge is 2.40. The fraction of sp³-hybridized carbons (Fsp3) is 0.333. The lowest BCUT2D eigenvalue weighted by atomic mass is 9.81. The molecular formula is C21H20ClN3OS2. The smallest absolute Gasteiger partial charge is 0.267 e. The summed E-state index contributed by atoms with van der Waals surface area (Å²) in [5.41, 5.74) is 1.19. The molecule has 0 aliphatic carbocycles. The second kappa shape index (κ2) is 6.57. The van der Waals surface area contributed by atoms with Gasteiger partial charge in [0.05, 0.1) is 10.6 Å². The zero-order valence-corrected chi connectivity index (χ0v) is 18.5. The molecule has 0 radical (unpaired) electrons. The van der Waals surface area contributed by atoms with E-state index in [0.29, 0.717) is 20.5 Å². The van der Waals surface area contributed by atoms with Crippen LogP contribution in [0.4, 0.5) is 5.00 Å². The van der Waals surface area contributed by atoms with E-state index in [1.807, 2.05) is 24.3 Å². The lowest BCUT2D eigenvalue weighted by Gasteiger charge is -2.42. The van der Waals surface area contributed by atoms with Crippen LogP contribution in [-0.2, 0) is 12.0 Å². The van der Waals surface area contributed by atoms with Crippen molar-refractivity contribution in [1.29, 1.82) is 5.26 Å². The van der Waals surface area contributed by atoms with Crippen LogP contribution in [0.5, 0.6) is 0 Å². The summed E-state index contributed by atoms with van der Waals surface area (Å²) in [5.74, 6) is -0.272. The van der Waals surface area contributed by atoms with E-state index in [9.17, 15) is 10.1 Å². The number of carbonyl (C=O) groups is 1. The molecule has 1 aliphatic rings. The number of thiophene rings is 2. The molecule has 0 atom stereocenters. The first-order valence-corrected chi connectivity index (χ1v) is 11.0. The van der Waals surface area contributed by atoms with Gasteiger partial charge in [-0.25, -0.2) is 0 Å². The molecule has 2 N–H and O–H groups in total. The lowest BCUT2D eigenvalue weighted by molar-refractivity contribution is 0.103. The first kappa shape index (κ1) is 19.4. The number of hydrogen-bond acceptors (Lipinski definition) is 5. The van der Waals surface area contributed by atoms with Gasteiger partial charge in [0.2, 0.25) is 0 Å². The number of anilines is 1. The van der Waals surface area contributed by atoms with Crippen LogP contribution in [0.1, 0.15) is 53.4 Å². The van der Waals surface area contributed by atoms with E-state index >= 15 is 0 Å². The largest absolute Gasteiger partial charge is 0.312 e. The molecule has 0 saturated carbocycles. The normalized spacial score (nSPS) is 17.1. The Kier molecular flexibility index (Phi) is 4.55. The number of hydrogen-bond donors (Lipinski definition) is 2. The first-order valence-electron chi connectivity index (χ1n) is 8.97. The Balaban J connectivity index is 1.75. The molecule has 4 rings (SSSR count). The first-order chi connectivity index (χ1) is 13.1. The molecular weight excluding hydrogens is 410 g/mol. The monoisotopic (exact) mass is 429 g/mol. The van der Waals surface area contributed by atoms with Crippen LogP contribution in [0.15, 0.2) is 24.3 Å². The third-order valence-electron chi connectivity index (χ3n) is 4.92. The predicted octanol–water partition coefficient (Wildman–Crippen LogP) is 5.90. The highest BCUT2D eigenvalue weighted by molar-refractivity contribution is 7.22. The van der Waals surface area contributed by atoms with E-state index in [0.717, 1.165) is 26.9 Å². The van der Waals surface area contributed by atoms with Crippen molar-refractivity contribution in [1.82, 2.24) is 5.32 Å².